The summed E-state index contributed by atoms with van der Waals surface area (Å²) >= 11 is 1.84. The average Bonchev–Trinajstić information content (AvgIpc) is 3.40. The topological polar surface area (TPSA) is 86.1 Å². The summed E-state index contributed by atoms with van der Waals surface area (Å²) in [6.07, 6.45) is 2.03. The molecule has 2 heterocycles. The van der Waals surface area contributed by atoms with E-state index in [9.17, 15) is 8.42 Å². The fraction of sp³-hybridized carbons (Fsp3) is 0.391. The molecule has 1 N–H and O–H groups in total. The summed E-state index contributed by atoms with van der Waals surface area (Å²) in [6.45, 7) is 2.64. The molecule has 0 saturated carbocycles. The van der Waals surface area contributed by atoms with Crippen LogP contribution in [-0.2, 0) is 15.6 Å². The van der Waals surface area contributed by atoms with Crippen molar-refractivity contribution in [2.24, 2.45) is 0 Å². The molecule has 0 amide bonds. The molecule has 0 aliphatic carbocycles. The van der Waals surface area contributed by atoms with E-state index in [0.29, 0.717) is 10.9 Å². The van der Waals surface area contributed by atoms with Crippen LogP contribution in [0, 0.1) is 6.92 Å². The first-order valence-corrected chi connectivity index (χ1v) is 13.5. The largest absolute Gasteiger partial charge is 0.497 e. The standard InChI is InChI=1S/C23H28N4O3S2/c1-16-22(18-7-5-4-6-8-18)25-26-27(16)23(32(3,28)29)21-13-20(14-24-21)31-15-17-9-11-19(30-2)12-10-17/h4-12,20-21,23-24H,13-15H2,1-3H3. The molecule has 32 heavy (non-hydrogen) atoms. The van der Waals surface area contributed by atoms with Crippen molar-refractivity contribution in [1.29, 1.82) is 0 Å². The van der Waals surface area contributed by atoms with Crippen molar-refractivity contribution in [3.8, 4) is 17.0 Å². The number of ether oxygens (including phenoxy) is 1. The van der Waals surface area contributed by atoms with Gasteiger partial charge in [0.2, 0.25) is 0 Å². The molecule has 7 nitrogen and oxygen atoms in total. The van der Waals surface area contributed by atoms with Crippen LogP contribution in [-0.4, -0.2) is 54.6 Å². The Bertz CT molecular complexity index is 1150. The van der Waals surface area contributed by atoms with Crippen LogP contribution in [0.15, 0.2) is 54.6 Å². The molecule has 4 rings (SSSR count). The second kappa shape index (κ2) is 9.64. The Kier molecular flexibility index (Phi) is 6.88. The van der Waals surface area contributed by atoms with Gasteiger partial charge in [0.1, 0.15) is 11.4 Å². The molecule has 3 atom stereocenters. The first-order chi connectivity index (χ1) is 15.4. The number of benzene rings is 2. The highest BCUT2D eigenvalue weighted by Gasteiger charge is 2.39. The molecule has 1 fully saturated rings. The molecule has 0 bridgehead atoms. The molecule has 3 aromatic rings. The number of nitrogens with zero attached hydrogens (tertiary/aromatic N) is 3. The van der Waals surface area contributed by atoms with Crippen molar-refractivity contribution in [2.45, 2.75) is 35.8 Å². The summed E-state index contributed by atoms with van der Waals surface area (Å²) in [5.41, 5.74) is 3.61. The Morgan fingerprint density at radius 1 is 1.19 bits per heavy atom. The molecule has 1 aliphatic heterocycles. The maximum absolute atomic E-state index is 12.8. The molecule has 1 saturated heterocycles. The van der Waals surface area contributed by atoms with Crippen molar-refractivity contribution in [1.82, 2.24) is 20.3 Å². The third-order valence-electron chi connectivity index (χ3n) is 5.77. The Labute approximate surface area is 193 Å². The predicted molar refractivity (Wildman–Crippen MR) is 129 cm³/mol. The van der Waals surface area contributed by atoms with E-state index in [4.69, 9.17) is 4.74 Å². The van der Waals surface area contributed by atoms with Gasteiger partial charge in [-0.15, -0.1) is 5.10 Å². The van der Waals surface area contributed by atoms with Gasteiger partial charge in [0.05, 0.1) is 12.8 Å². The second-order valence-electron chi connectivity index (χ2n) is 8.09. The lowest BCUT2D eigenvalue weighted by atomic mass is 10.1. The third-order valence-corrected chi connectivity index (χ3v) is 8.50. The zero-order chi connectivity index (χ0) is 22.7. The monoisotopic (exact) mass is 472 g/mol. The van der Waals surface area contributed by atoms with E-state index in [-0.39, 0.29) is 6.04 Å². The van der Waals surface area contributed by atoms with Crippen molar-refractivity contribution in [2.75, 3.05) is 19.9 Å². The van der Waals surface area contributed by atoms with Crippen LogP contribution in [0.2, 0.25) is 0 Å². The molecule has 1 aliphatic rings. The highest BCUT2D eigenvalue weighted by atomic mass is 32.2. The molecule has 1 aromatic heterocycles. The van der Waals surface area contributed by atoms with Crippen LogP contribution in [0.1, 0.15) is 23.1 Å². The zero-order valence-corrected chi connectivity index (χ0v) is 20.1. The number of thioether (sulfide) groups is 1. The predicted octanol–water partition coefficient (Wildman–Crippen LogP) is 3.47. The minimum atomic E-state index is -3.42. The second-order valence-corrected chi connectivity index (χ2v) is 11.5. The highest BCUT2D eigenvalue weighted by molar-refractivity contribution is 7.99. The SMILES string of the molecule is COc1ccc(CSC2CNC(C(n3nnc(-c4ccccc4)c3C)S(C)(=O)=O)C2)cc1. The zero-order valence-electron chi connectivity index (χ0n) is 18.4. The summed E-state index contributed by atoms with van der Waals surface area (Å²) in [5.74, 6) is 1.71. The van der Waals surface area contributed by atoms with Gasteiger partial charge in [0, 0.05) is 35.4 Å². The van der Waals surface area contributed by atoms with Gasteiger partial charge in [0.15, 0.2) is 15.2 Å². The van der Waals surface area contributed by atoms with Crippen LogP contribution in [0.5, 0.6) is 5.75 Å². The molecule has 170 valence electrons. The van der Waals surface area contributed by atoms with E-state index < -0.39 is 15.2 Å². The lowest BCUT2D eigenvalue weighted by Crippen LogP contribution is -2.38. The molecule has 3 unspecified atom stereocenters. The number of methoxy groups -OCH3 is 1. The van der Waals surface area contributed by atoms with Gasteiger partial charge in [-0.25, -0.2) is 13.1 Å². The van der Waals surface area contributed by atoms with Gasteiger partial charge in [-0.3, -0.25) is 0 Å². The van der Waals surface area contributed by atoms with Crippen molar-refractivity contribution in [3.63, 3.8) is 0 Å². The fourth-order valence-corrected chi connectivity index (χ4v) is 6.65. The molecule has 0 radical (unpaired) electrons. The maximum Gasteiger partial charge on any atom is 0.172 e. The summed E-state index contributed by atoms with van der Waals surface area (Å²) in [4.78, 5) is 0. The van der Waals surface area contributed by atoms with Crippen LogP contribution in [0.4, 0.5) is 0 Å². The number of rotatable bonds is 8. The van der Waals surface area contributed by atoms with Crippen molar-refractivity contribution in [3.05, 3.63) is 65.9 Å². The van der Waals surface area contributed by atoms with E-state index in [1.807, 2.05) is 61.2 Å². The molecular formula is C23H28N4O3S2. The normalized spacial score (nSPS) is 19.7. The van der Waals surface area contributed by atoms with Crippen molar-refractivity contribution >= 4 is 21.6 Å². The molecule has 0 spiro atoms. The van der Waals surface area contributed by atoms with E-state index in [1.165, 1.54) is 11.8 Å². The number of hydrogen-bond acceptors (Lipinski definition) is 7. The van der Waals surface area contributed by atoms with E-state index in [2.05, 4.69) is 27.8 Å². The summed E-state index contributed by atoms with van der Waals surface area (Å²) < 4.78 is 32.4. The number of sulfone groups is 1. The molecule has 9 heteroatoms. The molecular weight excluding hydrogens is 444 g/mol. The van der Waals surface area contributed by atoms with Gasteiger partial charge < -0.3 is 10.1 Å². The maximum atomic E-state index is 12.8. The minimum absolute atomic E-state index is 0.220. The Morgan fingerprint density at radius 2 is 1.91 bits per heavy atom. The Morgan fingerprint density at radius 3 is 2.56 bits per heavy atom. The fourth-order valence-electron chi connectivity index (χ4n) is 4.11. The minimum Gasteiger partial charge on any atom is -0.497 e. The van der Waals surface area contributed by atoms with Gasteiger partial charge in [0.25, 0.3) is 0 Å². The first kappa shape index (κ1) is 22.8. The quantitative estimate of drug-likeness (QED) is 0.537. The van der Waals surface area contributed by atoms with E-state index in [1.54, 1.807) is 11.8 Å². The number of aromatic nitrogens is 3. The van der Waals surface area contributed by atoms with Crippen LogP contribution in [0.25, 0.3) is 11.3 Å². The van der Waals surface area contributed by atoms with Gasteiger partial charge in [-0.2, -0.15) is 11.8 Å². The van der Waals surface area contributed by atoms with Gasteiger partial charge >= 0.3 is 0 Å². The first-order valence-electron chi connectivity index (χ1n) is 10.5. The van der Waals surface area contributed by atoms with Gasteiger partial charge in [-0.1, -0.05) is 47.7 Å². The average molecular weight is 473 g/mol. The summed E-state index contributed by atoms with van der Waals surface area (Å²) in [5, 5.41) is 11.5. The number of nitrogens with one attached hydrogen (secondary N) is 1. The summed E-state index contributed by atoms with van der Waals surface area (Å²) in [6, 6.07) is 17.6. The van der Waals surface area contributed by atoms with Gasteiger partial charge in [-0.05, 0) is 31.0 Å². The lowest BCUT2D eigenvalue weighted by molar-refractivity contribution is 0.414. The highest BCUT2D eigenvalue weighted by Crippen LogP contribution is 2.33. The van der Waals surface area contributed by atoms with Crippen LogP contribution < -0.4 is 10.1 Å². The summed E-state index contributed by atoms with van der Waals surface area (Å²) in [7, 11) is -1.76. The van der Waals surface area contributed by atoms with Crippen LogP contribution >= 0.6 is 11.8 Å². The number of hydrogen-bond donors (Lipinski definition) is 1. The van der Waals surface area contributed by atoms with E-state index in [0.717, 1.165) is 35.7 Å². The van der Waals surface area contributed by atoms with E-state index >= 15 is 0 Å². The van der Waals surface area contributed by atoms with Crippen molar-refractivity contribution < 1.29 is 13.2 Å². The van der Waals surface area contributed by atoms with Crippen LogP contribution in [0.3, 0.4) is 0 Å². The Balaban J connectivity index is 1.48. The lowest BCUT2D eigenvalue weighted by Gasteiger charge is -2.23. The third kappa shape index (κ3) is 5.00. The smallest absolute Gasteiger partial charge is 0.172 e. The molecule has 2 aromatic carbocycles. The Hall–Kier alpha value is -2.36.